The second kappa shape index (κ2) is 18.9. The molecule has 0 aliphatic heterocycles. The van der Waals surface area contributed by atoms with Gasteiger partial charge in [-0.25, -0.2) is 4.57 Å². The third-order valence-corrected chi connectivity index (χ3v) is 5.33. The van der Waals surface area contributed by atoms with Crippen molar-refractivity contribution in [1.29, 1.82) is 0 Å². The van der Waals surface area contributed by atoms with Crippen molar-refractivity contribution in [2.24, 2.45) is 0 Å². The quantitative estimate of drug-likeness (QED) is 0.162. The van der Waals surface area contributed by atoms with Crippen molar-refractivity contribution in [3.63, 3.8) is 0 Å². The Labute approximate surface area is 184 Å². The summed E-state index contributed by atoms with van der Waals surface area (Å²) in [6.45, 7) is 4.54. The second-order valence-electron chi connectivity index (χ2n) is 8.17. The fourth-order valence-electron chi connectivity index (χ4n) is 3.68. The molecule has 0 aliphatic carbocycles. The first kappa shape index (κ1) is 29.1. The molecule has 0 heterocycles. The van der Waals surface area contributed by atoms with Crippen molar-refractivity contribution >= 4 is 7.82 Å². The number of hydrogen-bond acceptors (Lipinski definition) is 2. The van der Waals surface area contributed by atoms with E-state index in [1.165, 1.54) is 101 Å². The molecule has 0 saturated carbocycles. The molecular formula is C24H45O5P. The van der Waals surface area contributed by atoms with Gasteiger partial charge in [0.05, 0.1) is 0 Å². The van der Waals surface area contributed by atoms with E-state index in [4.69, 9.17) is 19.2 Å². The molecule has 30 heavy (non-hydrogen) atoms. The number of hydrogen-bond donors (Lipinski definition) is 4. The SMILES string of the molecule is CCCCCCCCCc1cccc(O)c1CCCCCCCCC.O=P(O)(O)O. The predicted molar refractivity (Wildman–Crippen MR) is 126 cm³/mol. The molecule has 1 aromatic rings. The average Bonchev–Trinajstić information content (AvgIpc) is 2.67. The monoisotopic (exact) mass is 444 g/mol. The van der Waals surface area contributed by atoms with Gasteiger partial charge in [0.25, 0.3) is 0 Å². The van der Waals surface area contributed by atoms with E-state index < -0.39 is 7.82 Å². The van der Waals surface area contributed by atoms with Gasteiger partial charge in [0, 0.05) is 0 Å². The lowest BCUT2D eigenvalue weighted by atomic mass is 9.95. The first-order valence-corrected chi connectivity index (χ1v) is 13.4. The number of phenolic OH excluding ortho intramolecular Hbond substituents is 1. The lowest BCUT2D eigenvalue weighted by Crippen LogP contribution is -1.96. The third-order valence-electron chi connectivity index (χ3n) is 5.33. The first-order chi connectivity index (χ1) is 14.3. The minimum atomic E-state index is -4.64. The molecule has 0 amide bonds. The van der Waals surface area contributed by atoms with E-state index in [1.54, 1.807) is 0 Å². The minimum Gasteiger partial charge on any atom is -0.508 e. The van der Waals surface area contributed by atoms with Gasteiger partial charge in [-0.15, -0.1) is 0 Å². The van der Waals surface area contributed by atoms with Crippen molar-refractivity contribution in [3.05, 3.63) is 29.3 Å². The highest BCUT2D eigenvalue weighted by Crippen LogP contribution is 2.26. The fourth-order valence-corrected chi connectivity index (χ4v) is 3.68. The standard InChI is InChI=1S/C24H42O.H3O4P/c1-3-5-7-9-11-13-15-18-22-19-17-21-24(25)23(22)20-16-14-12-10-8-6-4-2;1-5(2,3)4/h17,19,21,25H,3-16,18,20H2,1-2H3;(H3,1,2,3,4). The number of rotatable bonds is 16. The highest BCUT2D eigenvalue weighted by Gasteiger charge is 2.07. The minimum absolute atomic E-state index is 0.520. The molecule has 4 N–H and O–H groups in total. The van der Waals surface area contributed by atoms with Gasteiger partial charge in [0.15, 0.2) is 0 Å². The third kappa shape index (κ3) is 19.1. The van der Waals surface area contributed by atoms with Gasteiger partial charge in [-0.05, 0) is 42.9 Å². The Balaban J connectivity index is 0.00000150. The molecule has 1 rings (SSSR count). The Hall–Kier alpha value is -0.870. The number of benzene rings is 1. The summed E-state index contributed by atoms with van der Waals surface area (Å²) < 4.78 is 8.88. The molecule has 5 nitrogen and oxygen atoms in total. The average molecular weight is 445 g/mol. The Bertz CT molecular complexity index is 562. The highest BCUT2D eigenvalue weighted by atomic mass is 31.2. The van der Waals surface area contributed by atoms with E-state index in [9.17, 15) is 5.11 Å². The van der Waals surface area contributed by atoms with Gasteiger partial charge in [-0.1, -0.05) is 103 Å². The Morgan fingerprint density at radius 3 is 1.53 bits per heavy atom. The van der Waals surface area contributed by atoms with Crippen LogP contribution in [-0.4, -0.2) is 19.8 Å². The largest absolute Gasteiger partial charge is 0.508 e. The molecule has 6 heteroatoms. The van der Waals surface area contributed by atoms with Crippen LogP contribution in [0.1, 0.15) is 115 Å². The molecule has 0 spiro atoms. The number of phenols is 1. The topological polar surface area (TPSA) is 98.0 Å². The van der Waals surface area contributed by atoms with E-state index in [-0.39, 0.29) is 0 Å². The molecule has 0 unspecified atom stereocenters. The van der Waals surface area contributed by atoms with Crippen molar-refractivity contribution in [2.75, 3.05) is 0 Å². The summed E-state index contributed by atoms with van der Waals surface area (Å²) in [5, 5.41) is 10.3. The molecule has 0 aromatic heterocycles. The summed E-state index contributed by atoms with van der Waals surface area (Å²) >= 11 is 0. The summed E-state index contributed by atoms with van der Waals surface area (Å²) in [6, 6.07) is 6.11. The predicted octanol–water partition coefficient (Wildman–Crippen LogP) is 7.05. The van der Waals surface area contributed by atoms with Crippen LogP contribution in [0.15, 0.2) is 18.2 Å². The number of unbranched alkanes of at least 4 members (excludes halogenated alkanes) is 12. The van der Waals surface area contributed by atoms with Gasteiger partial charge in [0.1, 0.15) is 5.75 Å². The zero-order valence-corrected chi connectivity index (χ0v) is 20.1. The zero-order chi connectivity index (χ0) is 22.7. The molecular weight excluding hydrogens is 399 g/mol. The summed E-state index contributed by atoms with van der Waals surface area (Å²) in [5.41, 5.74) is 2.61. The van der Waals surface area contributed by atoms with Crippen molar-refractivity contribution in [1.82, 2.24) is 0 Å². The molecule has 0 bridgehead atoms. The maximum Gasteiger partial charge on any atom is 0.466 e. The van der Waals surface area contributed by atoms with Crippen LogP contribution in [0.2, 0.25) is 0 Å². The Morgan fingerprint density at radius 2 is 1.07 bits per heavy atom. The van der Waals surface area contributed by atoms with E-state index in [1.807, 2.05) is 12.1 Å². The van der Waals surface area contributed by atoms with E-state index in [0.29, 0.717) is 5.75 Å². The summed E-state index contributed by atoms with van der Waals surface area (Å²) in [5.74, 6) is 0.520. The molecule has 0 aliphatic rings. The molecule has 1 aromatic carbocycles. The molecule has 176 valence electrons. The van der Waals surface area contributed by atoms with Gasteiger partial charge in [0.2, 0.25) is 0 Å². The van der Waals surface area contributed by atoms with Crippen molar-refractivity contribution < 1.29 is 24.4 Å². The Kier molecular flexibility index (Phi) is 18.3. The van der Waals surface area contributed by atoms with E-state index in [2.05, 4.69) is 19.9 Å². The van der Waals surface area contributed by atoms with E-state index in [0.717, 1.165) is 12.8 Å². The first-order valence-electron chi connectivity index (χ1n) is 11.9. The number of phosphoric acid groups is 1. The maximum absolute atomic E-state index is 10.3. The van der Waals surface area contributed by atoms with Crippen molar-refractivity contribution in [2.45, 2.75) is 117 Å². The van der Waals surface area contributed by atoms with Gasteiger partial charge in [-0.3, -0.25) is 0 Å². The van der Waals surface area contributed by atoms with Crippen LogP contribution in [0.4, 0.5) is 0 Å². The fraction of sp³-hybridized carbons (Fsp3) is 0.750. The van der Waals surface area contributed by atoms with Crippen LogP contribution in [-0.2, 0) is 17.4 Å². The molecule has 0 atom stereocenters. The summed E-state index contributed by atoms with van der Waals surface area (Å²) in [6.07, 6.45) is 21.0. The number of aryl methyl sites for hydroxylation is 1. The normalized spacial score (nSPS) is 11.2. The van der Waals surface area contributed by atoms with Gasteiger partial charge < -0.3 is 19.8 Å². The van der Waals surface area contributed by atoms with Gasteiger partial charge >= 0.3 is 7.82 Å². The summed E-state index contributed by atoms with van der Waals surface area (Å²) in [4.78, 5) is 21.6. The van der Waals surface area contributed by atoms with Gasteiger partial charge in [-0.2, -0.15) is 0 Å². The lowest BCUT2D eigenvalue weighted by Gasteiger charge is -2.12. The lowest BCUT2D eigenvalue weighted by molar-refractivity contribution is 0.275. The van der Waals surface area contributed by atoms with E-state index >= 15 is 0 Å². The van der Waals surface area contributed by atoms with Crippen LogP contribution >= 0.6 is 7.82 Å². The smallest absolute Gasteiger partial charge is 0.466 e. The summed E-state index contributed by atoms with van der Waals surface area (Å²) in [7, 11) is -4.64. The van der Waals surface area contributed by atoms with Crippen molar-refractivity contribution in [3.8, 4) is 5.75 Å². The van der Waals surface area contributed by atoms with Crippen LogP contribution in [0, 0.1) is 0 Å². The van der Waals surface area contributed by atoms with Crippen LogP contribution < -0.4 is 0 Å². The Morgan fingerprint density at radius 1 is 0.667 bits per heavy atom. The number of aromatic hydroxyl groups is 1. The molecule has 0 fully saturated rings. The second-order valence-corrected chi connectivity index (χ2v) is 9.20. The highest BCUT2D eigenvalue weighted by molar-refractivity contribution is 7.45. The van der Waals surface area contributed by atoms with Crippen LogP contribution in [0.3, 0.4) is 0 Å². The molecule has 0 radical (unpaired) electrons. The maximum atomic E-state index is 10.3. The van der Waals surface area contributed by atoms with Crippen LogP contribution in [0.25, 0.3) is 0 Å². The zero-order valence-electron chi connectivity index (χ0n) is 19.2. The van der Waals surface area contributed by atoms with Crippen LogP contribution in [0.5, 0.6) is 5.75 Å². The molecule has 0 saturated heterocycles.